The number of carbonyl (C=O) groups excluding carboxylic acids is 1. The molecule has 1 aromatic heterocycles. The molecule has 1 amide bonds. The van der Waals surface area contributed by atoms with Crippen LogP contribution >= 0.6 is 0 Å². The van der Waals surface area contributed by atoms with Gasteiger partial charge in [0.2, 0.25) is 5.91 Å². The van der Waals surface area contributed by atoms with Crippen molar-refractivity contribution in [2.24, 2.45) is 5.10 Å². The zero-order valence-corrected chi connectivity index (χ0v) is 14.9. The Hall–Kier alpha value is -2.96. The lowest BCUT2D eigenvalue weighted by Crippen LogP contribution is -2.30. The predicted octanol–water partition coefficient (Wildman–Crippen LogP) is 3.30. The lowest BCUT2D eigenvalue weighted by molar-refractivity contribution is -0.173. The Balaban J connectivity index is 1.36. The van der Waals surface area contributed by atoms with Gasteiger partial charge in [0.25, 0.3) is 0 Å². The van der Waals surface area contributed by atoms with Crippen molar-refractivity contribution in [2.75, 3.05) is 13.2 Å². The van der Waals surface area contributed by atoms with Crippen LogP contribution in [0.4, 0.5) is 0 Å². The van der Waals surface area contributed by atoms with Gasteiger partial charge in [-0.3, -0.25) is 4.79 Å². The largest absolute Gasteiger partial charge is 0.361 e. The average molecular weight is 363 g/mol. The Bertz CT molecular complexity index is 943. The van der Waals surface area contributed by atoms with Gasteiger partial charge in [-0.05, 0) is 6.07 Å². The highest BCUT2D eigenvalue weighted by atomic mass is 16.7. The van der Waals surface area contributed by atoms with Gasteiger partial charge < -0.3 is 14.5 Å². The van der Waals surface area contributed by atoms with Crippen molar-refractivity contribution in [3.63, 3.8) is 0 Å². The second-order valence-corrected chi connectivity index (χ2v) is 6.40. The molecule has 27 heavy (non-hydrogen) atoms. The number of nitrogens with one attached hydrogen (secondary N) is 2. The van der Waals surface area contributed by atoms with Crippen LogP contribution in [-0.4, -0.2) is 30.3 Å². The van der Waals surface area contributed by atoms with E-state index in [9.17, 15) is 4.79 Å². The van der Waals surface area contributed by atoms with Crippen LogP contribution in [0.15, 0.2) is 65.9 Å². The lowest BCUT2D eigenvalue weighted by Gasteiger charge is -2.27. The molecule has 0 bridgehead atoms. The number of fused-ring (bicyclic) bond motifs is 1. The molecular formula is C21H21N3O3. The zero-order valence-electron chi connectivity index (χ0n) is 14.9. The van der Waals surface area contributed by atoms with E-state index in [1.54, 1.807) is 6.21 Å². The number of hydrazone groups is 1. The normalized spacial score (nSPS) is 16.1. The summed E-state index contributed by atoms with van der Waals surface area (Å²) in [5.74, 6) is -1.03. The number of H-pyrrole nitrogens is 1. The summed E-state index contributed by atoms with van der Waals surface area (Å²) in [5.41, 5.74) is 5.47. The van der Waals surface area contributed by atoms with Gasteiger partial charge in [-0.2, -0.15) is 5.10 Å². The first-order chi connectivity index (χ1) is 13.3. The summed E-state index contributed by atoms with van der Waals surface area (Å²) in [6.07, 6.45) is 4.20. The molecule has 2 heterocycles. The molecule has 0 atom stereocenters. The quantitative estimate of drug-likeness (QED) is 0.521. The van der Waals surface area contributed by atoms with E-state index in [1.807, 2.05) is 60.8 Å². The second kappa shape index (κ2) is 7.73. The van der Waals surface area contributed by atoms with Crippen molar-refractivity contribution in [3.8, 4) is 0 Å². The fraction of sp³-hybridized carbons (Fsp3) is 0.238. The summed E-state index contributed by atoms with van der Waals surface area (Å²) < 4.78 is 11.7. The molecule has 6 heteroatoms. The number of hydrogen-bond donors (Lipinski definition) is 2. The van der Waals surface area contributed by atoms with Crippen LogP contribution in [0, 0.1) is 0 Å². The van der Waals surface area contributed by atoms with Crippen molar-refractivity contribution in [1.29, 1.82) is 0 Å². The zero-order chi connectivity index (χ0) is 18.5. The fourth-order valence-corrected chi connectivity index (χ4v) is 3.31. The third kappa shape index (κ3) is 3.77. The molecule has 3 aromatic rings. The Morgan fingerprint density at radius 3 is 2.67 bits per heavy atom. The second-order valence-electron chi connectivity index (χ2n) is 6.40. The minimum absolute atomic E-state index is 0.180. The third-order valence-electron chi connectivity index (χ3n) is 4.66. The molecule has 1 aliphatic rings. The number of rotatable bonds is 6. The molecule has 1 fully saturated rings. The van der Waals surface area contributed by atoms with Crippen molar-refractivity contribution in [1.82, 2.24) is 10.4 Å². The Kier molecular flexibility index (Phi) is 5.00. The maximum atomic E-state index is 12.2. The molecular weight excluding hydrogens is 342 g/mol. The van der Waals surface area contributed by atoms with E-state index in [1.165, 1.54) is 0 Å². The fourth-order valence-electron chi connectivity index (χ4n) is 3.31. The number of aromatic nitrogens is 1. The number of nitrogens with zero attached hydrogens (tertiary/aromatic N) is 1. The molecule has 4 rings (SSSR count). The molecule has 1 aliphatic heterocycles. The van der Waals surface area contributed by atoms with Gasteiger partial charge in [0.05, 0.1) is 19.4 Å². The van der Waals surface area contributed by atoms with Crippen LogP contribution in [-0.2, 0) is 20.1 Å². The number of aromatic amines is 1. The molecule has 1 saturated heterocycles. The maximum absolute atomic E-state index is 12.2. The standard InChI is InChI=1S/C21H21N3O3/c25-20(24-23-15-16-14-22-19-9-5-4-8-18(16)19)10-11-21(26-12-13-27-21)17-6-2-1-3-7-17/h1-9,14-15,22H,10-13H2,(H,24,25). The molecule has 0 aliphatic carbocycles. The van der Waals surface area contributed by atoms with Gasteiger partial charge in [0, 0.05) is 41.1 Å². The number of amides is 1. The van der Waals surface area contributed by atoms with Gasteiger partial charge in [0.15, 0.2) is 5.79 Å². The van der Waals surface area contributed by atoms with Crippen LogP contribution in [0.5, 0.6) is 0 Å². The molecule has 0 spiro atoms. The molecule has 0 unspecified atom stereocenters. The number of ether oxygens (including phenoxy) is 2. The van der Waals surface area contributed by atoms with Gasteiger partial charge >= 0.3 is 0 Å². The number of carbonyl (C=O) groups is 1. The monoisotopic (exact) mass is 363 g/mol. The highest BCUT2D eigenvalue weighted by Gasteiger charge is 2.38. The minimum Gasteiger partial charge on any atom is -0.361 e. The lowest BCUT2D eigenvalue weighted by atomic mass is 10.0. The first-order valence-electron chi connectivity index (χ1n) is 8.98. The molecule has 138 valence electrons. The van der Waals surface area contributed by atoms with Crippen LogP contribution in [0.3, 0.4) is 0 Å². The van der Waals surface area contributed by atoms with Crippen LogP contribution < -0.4 is 5.43 Å². The highest BCUT2D eigenvalue weighted by Crippen LogP contribution is 2.35. The first-order valence-corrected chi connectivity index (χ1v) is 8.98. The maximum Gasteiger partial charge on any atom is 0.240 e. The van der Waals surface area contributed by atoms with Crippen LogP contribution in [0.25, 0.3) is 10.9 Å². The Morgan fingerprint density at radius 2 is 1.85 bits per heavy atom. The summed E-state index contributed by atoms with van der Waals surface area (Å²) in [6, 6.07) is 17.7. The Morgan fingerprint density at radius 1 is 1.11 bits per heavy atom. The van der Waals surface area contributed by atoms with E-state index in [0.717, 1.165) is 22.0 Å². The SMILES string of the molecule is O=C(CCC1(c2ccccc2)OCCO1)NN=Cc1c[nH]c2ccccc12. The molecule has 2 aromatic carbocycles. The summed E-state index contributed by atoms with van der Waals surface area (Å²) >= 11 is 0. The molecule has 6 nitrogen and oxygen atoms in total. The molecule has 0 radical (unpaired) electrons. The van der Waals surface area contributed by atoms with Gasteiger partial charge in [-0.1, -0.05) is 48.5 Å². The summed E-state index contributed by atoms with van der Waals surface area (Å²) in [4.78, 5) is 15.4. The van der Waals surface area contributed by atoms with E-state index in [0.29, 0.717) is 19.6 Å². The van der Waals surface area contributed by atoms with Crippen molar-refractivity contribution < 1.29 is 14.3 Å². The topological polar surface area (TPSA) is 75.7 Å². The minimum atomic E-state index is -0.848. The third-order valence-corrected chi connectivity index (χ3v) is 4.66. The van der Waals surface area contributed by atoms with Crippen LogP contribution in [0.2, 0.25) is 0 Å². The van der Waals surface area contributed by atoms with E-state index >= 15 is 0 Å². The van der Waals surface area contributed by atoms with E-state index in [4.69, 9.17) is 9.47 Å². The van der Waals surface area contributed by atoms with Gasteiger partial charge in [-0.15, -0.1) is 0 Å². The van der Waals surface area contributed by atoms with Crippen LogP contribution in [0.1, 0.15) is 24.0 Å². The van der Waals surface area contributed by atoms with Crippen molar-refractivity contribution >= 4 is 23.0 Å². The number of hydrogen-bond acceptors (Lipinski definition) is 4. The van der Waals surface area contributed by atoms with Crippen molar-refractivity contribution in [2.45, 2.75) is 18.6 Å². The molecule has 0 saturated carbocycles. The van der Waals surface area contributed by atoms with Gasteiger partial charge in [-0.25, -0.2) is 5.43 Å². The highest BCUT2D eigenvalue weighted by molar-refractivity contribution is 5.99. The summed E-state index contributed by atoms with van der Waals surface area (Å²) in [5, 5.41) is 5.14. The predicted molar refractivity (Wildman–Crippen MR) is 103 cm³/mol. The number of benzene rings is 2. The van der Waals surface area contributed by atoms with Gasteiger partial charge in [0.1, 0.15) is 0 Å². The first kappa shape index (κ1) is 17.5. The summed E-state index contributed by atoms with van der Waals surface area (Å²) in [6.45, 7) is 1.05. The van der Waals surface area contributed by atoms with E-state index in [2.05, 4.69) is 15.5 Å². The average Bonchev–Trinajstić information content (AvgIpc) is 3.35. The number of para-hydroxylation sites is 1. The summed E-state index contributed by atoms with van der Waals surface area (Å²) in [7, 11) is 0. The van der Waals surface area contributed by atoms with E-state index < -0.39 is 5.79 Å². The smallest absolute Gasteiger partial charge is 0.240 e. The molecule has 2 N–H and O–H groups in total. The van der Waals surface area contributed by atoms with E-state index in [-0.39, 0.29) is 12.3 Å². The van der Waals surface area contributed by atoms with Crippen molar-refractivity contribution in [3.05, 3.63) is 71.9 Å². The Labute approximate surface area is 157 Å².